The van der Waals surface area contributed by atoms with Crippen molar-refractivity contribution in [2.45, 2.75) is 20.0 Å². The number of rotatable bonds is 4. The monoisotopic (exact) mass is 398 g/mol. The van der Waals surface area contributed by atoms with Crippen LogP contribution in [0.2, 0.25) is 0 Å². The Hall–Kier alpha value is -3.11. The normalized spacial score (nSPS) is 15.2. The van der Waals surface area contributed by atoms with Gasteiger partial charge in [0.2, 0.25) is 0 Å². The third-order valence-corrected chi connectivity index (χ3v) is 6.39. The molecule has 30 heavy (non-hydrogen) atoms. The number of aromatic nitrogens is 1. The van der Waals surface area contributed by atoms with Gasteiger partial charge in [-0.25, -0.2) is 0 Å². The zero-order chi connectivity index (χ0) is 20.5. The molecule has 1 aliphatic rings. The quantitative estimate of drug-likeness (QED) is 0.561. The second-order valence-electron chi connectivity index (χ2n) is 8.20. The molecule has 0 radical (unpaired) electrons. The molecule has 152 valence electrons. The van der Waals surface area contributed by atoms with E-state index in [1.54, 1.807) is 4.90 Å². The van der Waals surface area contributed by atoms with Gasteiger partial charge < -0.3 is 14.4 Å². The summed E-state index contributed by atoms with van der Waals surface area (Å²) in [5.41, 5.74) is 4.79. The zero-order valence-corrected chi connectivity index (χ0v) is 17.5. The van der Waals surface area contributed by atoms with Crippen LogP contribution in [-0.4, -0.2) is 41.6 Å². The highest BCUT2D eigenvalue weighted by Crippen LogP contribution is 2.29. The maximum Gasteiger partial charge on any atom is 0.254 e. The Morgan fingerprint density at radius 3 is 2.33 bits per heavy atom. The molecule has 1 aliphatic heterocycles. The molecule has 0 bridgehead atoms. The number of fused-ring (bicyclic) bond motifs is 3. The van der Waals surface area contributed by atoms with Crippen molar-refractivity contribution in [3.05, 3.63) is 83.9 Å². The second kappa shape index (κ2) is 7.96. The first-order valence-electron chi connectivity index (χ1n) is 10.9. The van der Waals surface area contributed by atoms with Gasteiger partial charge in [-0.15, -0.1) is 0 Å². The Labute approximate surface area is 177 Å². The van der Waals surface area contributed by atoms with Crippen LogP contribution in [0.4, 0.5) is 0 Å². The topological polar surface area (TPSA) is 29.7 Å². The number of aryl methyl sites for hydroxylation is 1. The Morgan fingerprint density at radius 1 is 0.867 bits per heavy atom. The average molecular weight is 399 g/mol. The average Bonchev–Trinajstić information content (AvgIpc) is 3.13. The van der Waals surface area contributed by atoms with Gasteiger partial charge in [0.05, 0.1) is 26.2 Å². The highest BCUT2D eigenvalue weighted by Gasteiger charge is 2.24. The molecule has 1 aromatic heterocycles. The lowest BCUT2D eigenvalue weighted by atomic mass is 10.1. The fourth-order valence-electron chi connectivity index (χ4n) is 4.81. The van der Waals surface area contributed by atoms with Crippen LogP contribution in [0.25, 0.3) is 21.8 Å². The number of carbonyl (C=O) groups excluding carboxylic acids is 1. The maximum atomic E-state index is 12.7. The Morgan fingerprint density at radius 2 is 1.57 bits per heavy atom. The third kappa shape index (κ3) is 3.37. The first-order chi connectivity index (χ1) is 14.7. The molecular weight excluding hydrogens is 370 g/mol. The smallest absolute Gasteiger partial charge is 0.254 e. The summed E-state index contributed by atoms with van der Waals surface area (Å²) in [6, 6.07) is 25.3. The van der Waals surface area contributed by atoms with E-state index in [0.717, 1.165) is 44.8 Å². The van der Waals surface area contributed by atoms with Gasteiger partial charge in [0.1, 0.15) is 6.54 Å². The standard InChI is InChI=1S/C26H27N3O/c1-2-29-24-11-7-6-10-22(24)23-18-20(12-13-25(23)29)19-27-14-16-28(17-15-27)26(30)21-8-4-3-5-9-21/h3-13,18H,2,14-17,19H2,1H3/p+1. The molecule has 0 atom stereocenters. The van der Waals surface area contributed by atoms with Crippen LogP contribution in [0.3, 0.4) is 0 Å². The van der Waals surface area contributed by atoms with Crippen LogP contribution in [-0.2, 0) is 13.1 Å². The number of nitrogens with one attached hydrogen (secondary N) is 1. The van der Waals surface area contributed by atoms with Gasteiger partial charge in [-0.05, 0) is 37.3 Å². The van der Waals surface area contributed by atoms with E-state index < -0.39 is 0 Å². The number of carbonyl (C=O) groups is 1. The summed E-state index contributed by atoms with van der Waals surface area (Å²) < 4.78 is 2.40. The second-order valence-corrected chi connectivity index (χ2v) is 8.20. The van der Waals surface area contributed by atoms with Crippen molar-refractivity contribution in [3.63, 3.8) is 0 Å². The fraction of sp³-hybridized carbons (Fsp3) is 0.269. The Bertz CT molecular complexity index is 1190. The Kier molecular flexibility index (Phi) is 5.01. The molecule has 0 aliphatic carbocycles. The number of hydrogen-bond acceptors (Lipinski definition) is 1. The predicted octanol–water partition coefficient (Wildman–Crippen LogP) is 3.36. The molecule has 1 N–H and O–H groups in total. The number of quaternary nitrogens is 1. The number of hydrogen-bond donors (Lipinski definition) is 1. The molecule has 0 saturated carbocycles. The van der Waals surface area contributed by atoms with Crippen LogP contribution in [0.5, 0.6) is 0 Å². The first kappa shape index (κ1) is 18.9. The summed E-state index contributed by atoms with van der Waals surface area (Å²) in [6.45, 7) is 7.82. The first-order valence-corrected chi connectivity index (χ1v) is 10.9. The predicted molar refractivity (Wildman–Crippen MR) is 122 cm³/mol. The molecule has 0 spiro atoms. The van der Waals surface area contributed by atoms with Crippen molar-refractivity contribution in [3.8, 4) is 0 Å². The van der Waals surface area contributed by atoms with Gasteiger partial charge in [0.15, 0.2) is 0 Å². The molecule has 5 rings (SSSR count). The molecule has 1 saturated heterocycles. The van der Waals surface area contributed by atoms with E-state index in [9.17, 15) is 4.79 Å². The van der Waals surface area contributed by atoms with Crippen molar-refractivity contribution >= 4 is 27.7 Å². The van der Waals surface area contributed by atoms with E-state index in [-0.39, 0.29) is 5.91 Å². The number of para-hydroxylation sites is 1. The van der Waals surface area contributed by atoms with Crippen LogP contribution in [0.1, 0.15) is 22.8 Å². The molecule has 4 heteroatoms. The third-order valence-electron chi connectivity index (χ3n) is 6.39. The molecule has 1 amide bonds. The lowest BCUT2D eigenvalue weighted by Crippen LogP contribution is -3.13. The largest absolute Gasteiger partial charge is 0.341 e. The van der Waals surface area contributed by atoms with E-state index in [1.165, 1.54) is 27.4 Å². The molecule has 0 unspecified atom stereocenters. The van der Waals surface area contributed by atoms with Crippen LogP contribution in [0.15, 0.2) is 72.8 Å². The summed E-state index contributed by atoms with van der Waals surface area (Å²) in [6.07, 6.45) is 0. The van der Waals surface area contributed by atoms with Gasteiger partial charge in [-0.3, -0.25) is 4.79 Å². The van der Waals surface area contributed by atoms with Crippen molar-refractivity contribution in [1.29, 1.82) is 0 Å². The van der Waals surface area contributed by atoms with Crippen molar-refractivity contribution in [1.82, 2.24) is 9.47 Å². The summed E-state index contributed by atoms with van der Waals surface area (Å²) in [5, 5.41) is 2.69. The highest BCUT2D eigenvalue weighted by molar-refractivity contribution is 6.08. The maximum absolute atomic E-state index is 12.7. The molecule has 1 fully saturated rings. The number of nitrogens with zero attached hydrogens (tertiary/aromatic N) is 2. The summed E-state index contributed by atoms with van der Waals surface area (Å²) >= 11 is 0. The minimum atomic E-state index is 0.156. The van der Waals surface area contributed by atoms with Gasteiger partial charge in [0.25, 0.3) is 5.91 Å². The lowest BCUT2D eigenvalue weighted by molar-refractivity contribution is -0.917. The fourth-order valence-corrected chi connectivity index (χ4v) is 4.81. The minimum Gasteiger partial charge on any atom is -0.341 e. The van der Waals surface area contributed by atoms with E-state index in [4.69, 9.17) is 0 Å². The van der Waals surface area contributed by atoms with Crippen LogP contribution < -0.4 is 4.90 Å². The molecule has 2 heterocycles. The number of benzene rings is 3. The minimum absolute atomic E-state index is 0.156. The summed E-state index contributed by atoms with van der Waals surface area (Å²) in [5.74, 6) is 0.156. The van der Waals surface area contributed by atoms with Gasteiger partial charge in [-0.1, -0.05) is 42.5 Å². The lowest BCUT2D eigenvalue weighted by Gasteiger charge is -2.32. The van der Waals surface area contributed by atoms with Gasteiger partial charge in [0, 0.05) is 39.5 Å². The summed E-state index contributed by atoms with van der Waals surface area (Å²) in [7, 11) is 0. The van der Waals surface area contributed by atoms with E-state index in [1.807, 2.05) is 35.2 Å². The highest BCUT2D eigenvalue weighted by atomic mass is 16.2. The van der Waals surface area contributed by atoms with E-state index >= 15 is 0 Å². The number of piperazine rings is 1. The van der Waals surface area contributed by atoms with E-state index in [0.29, 0.717) is 0 Å². The van der Waals surface area contributed by atoms with E-state index in [2.05, 4.69) is 54.0 Å². The van der Waals surface area contributed by atoms with Gasteiger partial charge in [-0.2, -0.15) is 0 Å². The molecule has 4 nitrogen and oxygen atoms in total. The van der Waals surface area contributed by atoms with Crippen molar-refractivity contribution in [2.24, 2.45) is 0 Å². The van der Waals surface area contributed by atoms with Crippen LogP contribution in [0, 0.1) is 0 Å². The van der Waals surface area contributed by atoms with Gasteiger partial charge >= 0.3 is 0 Å². The Balaban J connectivity index is 1.31. The number of amides is 1. The molecule has 3 aromatic carbocycles. The zero-order valence-electron chi connectivity index (χ0n) is 17.5. The molecule has 4 aromatic rings. The van der Waals surface area contributed by atoms with Crippen LogP contribution >= 0.6 is 0 Å². The molecular formula is C26H28N3O+. The van der Waals surface area contributed by atoms with Crippen molar-refractivity contribution in [2.75, 3.05) is 26.2 Å². The SMILES string of the molecule is CCn1c2ccccc2c2cc(C[NH+]3CCN(C(=O)c4ccccc4)CC3)ccc21. The van der Waals surface area contributed by atoms with Crippen molar-refractivity contribution < 1.29 is 9.69 Å². The summed E-state index contributed by atoms with van der Waals surface area (Å²) in [4.78, 5) is 16.2.